The highest BCUT2D eigenvalue weighted by molar-refractivity contribution is 6.10. The molecular formula is C17H12F3N3O2. The Kier molecular flexibility index (Phi) is 5.39. The normalized spacial score (nSPS) is 10.6. The average Bonchev–Trinajstić information content (AvgIpc) is 2.55. The van der Waals surface area contributed by atoms with E-state index in [2.05, 4.69) is 10.6 Å². The second-order valence-electron chi connectivity index (χ2n) is 4.96. The first kappa shape index (κ1) is 18.0. The van der Waals surface area contributed by atoms with E-state index in [9.17, 15) is 22.8 Å². The van der Waals surface area contributed by atoms with Crippen LogP contribution in [-0.2, 0) is 11.0 Å². The molecule has 0 aliphatic heterocycles. The molecule has 0 unspecified atom stereocenters. The third kappa shape index (κ3) is 4.81. The number of nitriles is 1. The van der Waals surface area contributed by atoms with Gasteiger partial charge in [0.25, 0.3) is 5.91 Å². The number of rotatable bonds is 4. The maximum atomic E-state index is 12.7. The fourth-order valence-corrected chi connectivity index (χ4v) is 2.03. The van der Waals surface area contributed by atoms with Gasteiger partial charge >= 0.3 is 6.18 Å². The number of anilines is 2. The molecule has 128 valence electrons. The van der Waals surface area contributed by atoms with Crippen LogP contribution in [0.15, 0.2) is 48.5 Å². The van der Waals surface area contributed by atoms with E-state index in [1.807, 2.05) is 0 Å². The lowest BCUT2D eigenvalue weighted by molar-refractivity contribution is -0.137. The van der Waals surface area contributed by atoms with Crippen molar-refractivity contribution in [2.75, 3.05) is 10.6 Å². The number of halogens is 3. The molecule has 0 heterocycles. The summed E-state index contributed by atoms with van der Waals surface area (Å²) in [5.74, 6) is -1.28. The van der Waals surface area contributed by atoms with E-state index >= 15 is 0 Å². The highest BCUT2D eigenvalue weighted by Gasteiger charge is 2.30. The molecule has 0 saturated heterocycles. The van der Waals surface area contributed by atoms with Crippen molar-refractivity contribution in [2.45, 2.75) is 12.6 Å². The SMILES string of the molecule is N#CCC(=O)Nc1ccccc1C(=O)Nc1cccc(C(F)(F)F)c1. The lowest BCUT2D eigenvalue weighted by atomic mass is 10.1. The van der Waals surface area contributed by atoms with Crippen molar-refractivity contribution in [3.05, 3.63) is 59.7 Å². The largest absolute Gasteiger partial charge is 0.416 e. The number of nitrogens with zero attached hydrogens (tertiary/aromatic N) is 1. The Hall–Kier alpha value is -3.34. The summed E-state index contributed by atoms with van der Waals surface area (Å²) in [7, 11) is 0. The first-order valence-electron chi connectivity index (χ1n) is 7.05. The predicted molar refractivity (Wildman–Crippen MR) is 84.7 cm³/mol. The zero-order chi connectivity index (χ0) is 18.4. The molecule has 5 nitrogen and oxygen atoms in total. The van der Waals surface area contributed by atoms with Gasteiger partial charge in [0.15, 0.2) is 0 Å². The summed E-state index contributed by atoms with van der Waals surface area (Å²) >= 11 is 0. The van der Waals surface area contributed by atoms with Crippen LogP contribution in [0, 0.1) is 11.3 Å². The van der Waals surface area contributed by atoms with Crippen molar-refractivity contribution in [3.8, 4) is 6.07 Å². The molecule has 0 saturated carbocycles. The molecule has 0 aliphatic rings. The van der Waals surface area contributed by atoms with E-state index in [0.717, 1.165) is 12.1 Å². The molecule has 0 radical (unpaired) electrons. The molecule has 0 spiro atoms. The van der Waals surface area contributed by atoms with Crippen LogP contribution in [0.1, 0.15) is 22.3 Å². The average molecular weight is 347 g/mol. The summed E-state index contributed by atoms with van der Waals surface area (Å²) in [6.45, 7) is 0. The maximum absolute atomic E-state index is 12.7. The van der Waals surface area contributed by atoms with Gasteiger partial charge in [-0.05, 0) is 30.3 Å². The number of benzene rings is 2. The fraction of sp³-hybridized carbons (Fsp3) is 0.118. The summed E-state index contributed by atoms with van der Waals surface area (Å²) in [5, 5.41) is 13.3. The second-order valence-corrected chi connectivity index (χ2v) is 4.96. The van der Waals surface area contributed by atoms with E-state index in [1.54, 1.807) is 18.2 Å². The van der Waals surface area contributed by atoms with Gasteiger partial charge in [0.2, 0.25) is 5.91 Å². The van der Waals surface area contributed by atoms with Crippen LogP contribution in [0.25, 0.3) is 0 Å². The Morgan fingerprint density at radius 1 is 1.04 bits per heavy atom. The molecule has 0 bridgehead atoms. The van der Waals surface area contributed by atoms with Gasteiger partial charge in [-0.25, -0.2) is 0 Å². The van der Waals surface area contributed by atoms with Crippen LogP contribution < -0.4 is 10.6 Å². The molecule has 0 aliphatic carbocycles. The lowest BCUT2D eigenvalue weighted by Gasteiger charge is -2.12. The van der Waals surface area contributed by atoms with E-state index in [1.165, 1.54) is 24.3 Å². The zero-order valence-corrected chi connectivity index (χ0v) is 12.7. The summed E-state index contributed by atoms with van der Waals surface area (Å²) in [6.07, 6.45) is -4.91. The maximum Gasteiger partial charge on any atom is 0.416 e. The highest BCUT2D eigenvalue weighted by Crippen LogP contribution is 2.30. The molecule has 2 aromatic carbocycles. The molecular weight excluding hydrogens is 335 g/mol. The third-order valence-electron chi connectivity index (χ3n) is 3.13. The number of carbonyl (C=O) groups excluding carboxylic acids is 2. The number of amides is 2. The van der Waals surface area contributed by atoms with Crippen LogP contribution in [0.3, 0.4) is 0 Å². The molecule has 25 heavy (non-hydrogen) atoms. The third-order valence-corrected chi connectivity index (χ3v) is 3.13. The van der Waals surface area contributed by atoms with Gasteiger partial charge < -0.3 is 10.6 Å². The minimum atomic E-state index is -4.52. The number of para-hydroxylation sites is 1. The van der Waals surface area contributed by atoms with Crippen LogP contribution in [0.4, 0.5) is 24.5 Å². The van der Waals surface area contributed by atoms with E-state index < -0.39 is 23.6 Å². The minimum absolute atomic E-state index is 0.0296. The number of carbonyl (C=O) groups is 2. The molecule has 0 atom stereocenters. The number of alkyl halides is 3. The van der Waals surface area contributed by atoms with Gasteiger partial charge in [-0.2, -0.15) is 18.4 Å². The summed E-state index contributed by atoms with van der Waals surface area (Å²) in [5.41, 5.74) is -0.697. The van der Waals surface area contributed by atoms with Gasteiger partial charge in [-0.3, -0.25) is 9.59 Å². The molecule has 0 aromatic heterocycles. The van der Waals surface area contributed by atoms with Gasteiger partial charge in [0.1, 0.15) is 6.42 Å². The van der Waals surface area contributed by atoms with E-state index in [-0.39, 0.29) is 23.4 Å². The first-order valence-corrected chi connectivity index (χ1v) is 7.05. The Bertz CT molecular complexity index is 842. The fourth-order valence-electron chi connectivity index (χ4n) is 2.03. The van der Waals surface area contributed by atoms with Crippen LogP contribution in [-0.4, -0.2) is 11.8 Å². The first-order chi connectivity index (χ1) is 11.8. The van der Waals surface area contributed by atoms with Crippen molar-refractivity contribution >= 4 is 23.2 Å². The van der Waals surface area contributed by atoms with Crippen molar-refractivity contribution in [1.82, 2.24) is 0 Å². The van der Waals surface area contributed by atoms with Crippen LogP contribution >= 0.6 is 0 Å². The lowest BCUT2D eigenvalue weighted by Crippen LogP contribution is -2.18. The minimum Gasteiger partial charge on any atom is -0.324 e. The van der Waals surface area contributed by atoms with Crippen molar-refractivity contribution in [1.29, 1.82) is 5.26 Å². The predicted octanol–water partition coefficient (Wildman–Crippen LogP) is 3.81. The molecule has 8 heteroatoms. The Morgan fingerprint density at radius 3 is 2.44 bits per heavy atom. The molecule has 0 fully saturated rings. The van der Waals surface area contributed by atoms with Crippen LogP contribution in [0.5, 0.6) is 0 Å². The Morgan fingerprint density at radius 2 is 1.76 bits per heavy atom. The van der Waals surface area contributed by atoms with E-state index in [0.29, 0.717) is 0 Å². The van der Waals surface area contributed by atoms with Crippen molar-refractivity contribution in [3.63, 3.8) is 0 Å². The summed E-state index contributed by atoms with van der Waals surface area (Å²) < 4.78 is 38.2. The molecule has 2 aromatic rings. The standard InChI is InChI=1S/C17H12F3N3O2/c18-17(19,20)11-4-3-5-12(10-11)22-16(25)13-6-1-2-7-14(13)23-15(24)8-9-21/h1-7,10H,8H2,(H,22,25)(H,23,24). The second kappa shape index (κ2) is 7.49. The number of hydrogen-bond donors (Lipinski definition) is 2. The summed E-state index contributed by atoms with van der Waals surface area (Å²) in [6, 6.07) is 11.9. The molecule has 2 amide bonds. The topological polar surface area (TPSA) is 82.0 Å². The number of nitrogens with one attached hydrogen (secondary N) is 2. The van der Waals surface area contributed by atoms with Gasteiger partial charge in [0, 0.05) is 5.69 Å². The smallest absolute Gasteiger partial charge is 0.324 e. The van der Waals surface area contributed by atoms with Crippen molar-refractivity contribution in [2.24, 2.45) is 0 Å². The monoisotopic (exact) mass is 347 g/mol. The van der Waals surface area contributed by atoms with E-state index in [4.69, 9.17) is 5.26 Å². The van der Waals surface area contributed by atoms with Gasteiger partial charge in [-0.15, -0.1) is 0 Å². The van der Waals surface area contributed by atoms with Crippen LogP contribution in [0.2, 0.25) is 0 Å². The van der Waals surface area contributed by atoms with Crippen molar-refractivity contribution < 1.29 is 22.8 Å². The number of hydrogen-bond acceptors (Lipinski definition) is 3. The quantitative estimate of drug-likeness (QED) is 0.882. The van der Waals surface area contributed by atoms with Gasteiger partial charge in [-0.1, -0.05) is 18.2 Å². The Balaban J connectivity index is 2.22. The molecule has 2 rings (SSSR count). The Labute approximate surface area is 141 Å². The van der Waals surface area contributed by atoms with Gasteiger partial charge in [0.05, 0.1) is 22.9 Å². The summed E-state index contributed by atoms with van der Waals surface area (Å²) in [4.78, 5) is 23.8. The zero-order valence-electron chi connectivity index (χ0n) is 12.7. The molecule has 2 N–H and O–H groups in total. The highest BCUT2D eigenvalue weighted by atomic mass is 19.4.